The lowest BCUT2D eigenvalue weighted by molar-refractivity contribution is 0.0521. The predicted molar refractivity (Wildman–Crippen MR) is 95.8 cm³/mol. The first-order valence-corrected chi connectivity index (χ1v) is 9.50. The summed E-state index contributed by atoms with van der Waals surface area (Å²) in [6.45, 7) is 3.79. The van der Waals surface area contributed by atoms with Crippen molar-refractivity contribution in [2.24, 2.45) is 11.8 Å². The summed E-state index contributed by atoms with van der Waals surface area (Å²) in [5.74, 6) is 3.38. The highest BCUT2D eigenvalue weighted by atomic mass is 16.5. The van der Waals surface area contributed by atoms with E-state index in [4.69, 9.17) is 9.26 Å². The first-order chi connectivity index (χ1) is 12.7. The summed E-state index contributed by atoms with van der Waals surface area (Å²) in [7, 11) is 0. The van der Waals surface area contributed by atoms with E-state index in [0.29, 0.717) is 23.4 Å². The minimum absolute atomic E-state index is 0.134. The van der Waals surface area contributed by atoms with Gasteiger partial charge in [0.25, 0.3) is 5.91 Å². The van der Waals surface area contributed by atoms with Crippen molar-refractivity contribution in [2.45, 2.75) is 45.6 Å². The van der Waals surface area contributed by atoms with E-state index < -0.39 is 0 Å². The fraction of sp³-hybridized carbons (Fsp3) is 0.550. The maximum atomic E-state index is 12.8. The Hall–Kier alpha value is -2.37. The first-order valence-electron chi connectivity index (χ1n) is 9.50. The van der Waals surface area contributed by atoms with Gasteiger partial charge in [0.15, 0.2) is 6.61 Å². The van der Waals surface area contributed by atoms with Crippen molar-refractivity contribution in [2.75, 3.05) is 13.1 Å². The van der Waals surface area contributed by atoms with Crippen molar-refractivity contribution in [1.29, 1.82) is 0 Å². The van der Waals surface area contributed by atoms with Crippen LogP contribution >= 0.6 is 0 Å². The molecule has 2 heterocycles. The lowest BCUT2D eigenvalue weighted by Gasteiger charge is -2.41. The van der Waals surface area contributed by atoms with Crippen LogP contribution in [0.1, 0.15) is 54.2 Å². The molecule has 0 radical (unpaired) electrons. The molecule has 4 rings (SSSR count). The number of piperidine rings is 1. The van der Waals surface area contributed by atoms with Crippen LogP contribution in [0.25, 0.3) is 0 Å². The van der Waals surface area contributed by atoms with Crippen LogP contribution in [0, 0.1) is 18.8 Å². The zero-order valence-electron chi connectivity index (χ0n) is 15.2. The van der Waals surface area contributed by atoms with Gasteiger partial charge in [-0.3, -0.25) is 4.79 Å². The molecule has 2 aromatic rings. The fourth-order valence-corrected chi connectivity index (χ4v) is 4.21. The van der Waals surface area contributed by atoms with Gasteiger partial charge < -0.3 is 14.2 Å². The molecule has 1 aliphatic carbocycles. The highest BCUT2D eigenvalue weighted by Gasteiger charge is 2.33. The second-order valence-corrected chi connectivity index (χ2v) is 7.39. The van der Waals surface area contributed by atoms with Crippen LogP contribution in [0.4, 0.5) is 0 Å². The van der Waals surface area contributed by atoms with E-state index in [1.807, 2.05) is 29.2 Å². The molecule has 6 nitrogen and oxygen atoms in total. The molecule has 0 bridgehead atoms. The summed E-state index contributed by atoms with van der Waals surface area (Å²) >= 11 is 0. The quantitative estimate of drug-likeness (QED) is 0.838. The van der Waals surface area contributed by atoms with Gasteiger partial charge in [-0.25, -0.2) is 0 Å². The van der Waals surface area contributed by atoms with Crippen LogP contribution < -0.4 is 4.74 Å². The van der Waals surface area contributed by atoms with Crippen molar-refractivity contribution in [3.8, 4) is 5.75 Å². The number of carbonyl (C=O) groups excluding carboxylic acids is 1. The zero-order chi connectivity index (χ0) is 17.9. The van der Waals surface area contributed by atoms with E-state index in [1.54, 1.807) is 6.92 Å². The Balaban J connectivity index is 1.34. The summed E-state index contributed by atoms with van der Waals surface area (Å²) in [5, 5.41) is 3.80. The molecule has 2 aliphatic rings. The fourth-order valence-electron chi connectivity index (χ4n) is 4.21. The molecule has 0 unspecified atom stereocenters. The van der Waals surface area contributed by atoms with Crippen molar-refractivity contribution >= 4 is 5.91 Å². The average molecular weight is 355 g/mol. The number of nitrogens with zero attached hydrogens (tertiary/aromatic N) is 3. The third-order valence-electron chi connectivity index (χ3n) is 5.62. The Labute approximate surface area is 153 Å². The average Bonchev–Trinajstić information content (AvgIpc) is 3.11. The standard InChI is InChI=1S/C20H25N3O3/c1-14-21-19(22-26-14)13-25-18-8-6-16(7-9-18)20(24)23-11-10-15-4-2-3-5-17(15)12-23/h6-9,15,17H,2-5,10-13H2,1H3/t15-,17+/m0/s1. The number of hydrogen-bond donors (Lipinski definition) is 0. The molecular formula is C20H25N3O3. The first kappa shape index (κ1) is 17.1. The second kappa shape index (κ2) is 7.48. The minimum atomic E-state index is 0.134. The Bertz CT molecular complexity index is 756. The third-order valence-corrected chi connectivity index (χ3v) is 5.62. The Morgan fingerprint density at radius 2 is 1.96 bits per heavy atom. The lowest BCUT2D eigenvalue weighted by Crippen LogP contribution is -2.44. The van der Waals surface area contributed by atoms with Crippen LogP contribution in [0.5, 0.6) is 5.75 Å². The van der Waals surface area contributed by atoms with Gasteiger partial charge in [0, 0.05) is 25.6 Å². The van der Waals surface area contributed by atoms with E-state index in [2.05, 4.69) is 10.1 Å². The molecule has 1 saturated carbocycles. The number of carbonyl (C=O) groups is 1. The normalized spacial score (nSPS) is 22.7. The highest BCUT2D eigenvalue weighted by Crippen LogP contribution is 2.36. The molecule has 0 spiro atoms. The summed E-state index contributed by atoms with van der Waals surface area (Å²) < 4.78 is 10.6. The van der Waals surface area contributed by atoms with Gasteiger partial charge in [0.05, 0.1) is 0 Å². The predicted octanol–water partition coefficient (Wildman–Crippen LogP) is 3.61. The summed E-state index contributed by atoms with van der Waals surface area (Å²) in [6, 6.07) is 7.33. The number of rotatable bonds is 4. The Morgan fingerprint density at radius 1 is 1.19 bits per heavy atom. The maximum Gasteiger partial charge on any atom is 0.253 e. The van der Waals surface area contributed by atoms with Gasteiger partial charge in [-0.2, -0.15) is 4.98 Å². The third kappa shape index (κ3) is 3.74. The largest absolute Gasteiger partial charge is 0.485 e. The van der Waals surface area contributed by atoms with E-state index in [1.165, 1.54) is 25.7 Å². The van der Waals surface area contributed by atoms with E-state index in [0.717, 1.165) is 31.0 Å². The van der Waals surface area contributed by atoms with Gasteiger partial charge in [0.1, 0.15) is 5.75 Å². The van der Waals surface area contributed by atoms with Gasteiger partial charge in [-0.15, -0.1) is 0 Å². The van der Waals surface area contributed by atoms with Crippen LogP contribution in [-0.2, 0) is 6.61 Å². The smallest absolute Gasteiger partial charge is 0.253 e. The van der Waals surface area contributed by atoms with E-state index >= 15 is 0 Å². The number of likely N-dealkylation sites (tertiary alicyclic amines) is 1. The number of aromatic nitrogens is 2. The molecule has 1 saturated heterocycles. The second-order valence-electron chi connectivity index (χ2n) is 7.39. The van der Waals surface area contributed by atoms with Gasteiger partial charge in [-0.05, 0) is 48.9 Å². The number of amides is 1. The summed E-state index contributed by atoms with van der Waals surface area (Å²) in [4.78, 5) is 19.0. The molecular weight excluding hydrogens is 330 g/mol. The monoisotopic (exact) mass is 355 g/mol. The zero-order valence-corrected chi connectivity index (χ0v) is 15.2. The lowest BCUT2D eigenvalue weighted by atomic mass is 9.75. The van der Waals surface area contributed by atoms with Gasteiger partial charge in [-0.1, -0.05) is 24.4 Å². The molecule has 2 atom stereocenters. The van der Waals surface area contributed by atoms with Crippen molar-refractivity contribution < 1.29 is 14.1 Å². The maximum absolute atomic E-state index is 12.8. The van der Waals surface area contributed by atoms with Crippen LogP contribution in [0.2, 0.25) is 0 Å². The van der Waals surface area contributed by atoms with Gasteiger partial charge >= 0.3 is 0 Å². The molecule has 0 N–H and O–H groups in total. The molecule has 1 aromatic carbocycles. The molecule has 6 heteroatoms. The molecule has 26 heavy (non-hydrogen) atoms. The van der Waals surface area contributed by atoms with Crippen LogP contribution in [0.15, 0.2) is 28.8 Å². The topological polar surface area (TPSA) is 68.5 Å². The van der Waals surface area contributed by atoms with E-state index in [9.17, 15) is 4.79 Å². The van der Waals surface area contributed by atoms with Crippen molar-refractivity contribution in [3.63, 3.8) is 0 Å². The van der Waals surface area contributed by atoms with Gasteiger partial charge in [0.2, 0.25) is 11.7 Å². The Morgan fingerprint density at radius 3 is 2.69 bits per heavy atom. The van der Waals surface area contributed by atoms with Crippen LogP contribution in [-0.4, -0.2) is 34.0 Å². The van der Waals surface area contributed by atoms with Crippen molar-refractivity contribution in [1.82, 2.24) is 15.0 Å². The number of benzene rings is 1. The minimum Gasteiger partial charge on any atom is -0.485 e. The summed E-state index contributed by atoms with van der Waals surface area (Å²) in [5.41, 5.74) is 0.724. The number of ether oxygens (including phenoxy) is 1. The molecule has 2 fully saturated rings. The Kier molecular flexibility index (Phi) is 4.91. The number of fused-ring (bicyclic) bond motifs is 1. The number of hydrogen-bond acceptors (Lipinski definition) is 5. The SMILES string of the molecule is Cc1nc(COc2ccc(C(=O)N3CC[C@@H]4CCCC[C@@H]4C3)cc2)no1. The molecule has 1 amide bonds. The molecule has 1 aromatic heterocycles. The molecule has 138 valence electrons. The molecule has 1 aliphatic heterocycles. The highest BCUT2D eigenvalue weighted by molar-refractivity contribution is 5.94. The summed E-state index contributed by atoms with van der Waals surface area (Å²) in [6.07, 6.45) is 6.45. The van der Waals surface area contributed by atoms with Crippen molar-refractivity contribution in [3.05, 3.63) is 41.5 Å². The number of aryl methyl sites for hydroxylation is 1. The van der Waals surface area contributed by atoms with E-state index in [-0.39, 0.29) is 12.5 Å². The van der Waals surface area contributed by atoms with Crippen LogP contribution in [0.3, 0.4) is 0 Å².